The van der Waals surface area contributed by atoms with Crippen molar-refractivity contribution in [2.45, 2.75) is 13.0 Å². The molecule has 1 heterocycles. The van der Waals surface area contributed by atoms with Gasteiger partial charge in [0.1, 0.15) is 0 Å². The highest BCUT2D eigenvalue weighted by molar-refractivity contribution is 5.35. The molecule has 0 saturated carbocycles. The maximum atomic E-state index is 8.35. The van der Waals surface area contributed by atoms with Crippen molar-refractivity contribution in [2.24, 2.45) is 5.11 Å². The van der Waals surface area contributed by atoms with Crippen molar-refractivity contribution in [1.29, 1.82) is 0 Å². The van der Waals surface area contributed by atoms with Crippen LogP contribution in [0, 0.1) is 0 Å². The molecule has 0 aliphatic rings. The number of hydrogen-bond donors (Lipinski definition) is 0. The lowest BCUT2D eigenvalue weighted by Crippen LogP contribution is -1.92. The van der Waals surface area contributed by atoms with E-state index >= 15 is 0 Å². The Balaban J connectivity index is 2.26. The standard InChI is InChI=1S/C11H11N5/c1-9(14-15-12)10-2-4-11(5-3-10)16-7-6-13-8-16/h2-9H,1H3/t9-/m0/s1. The number of aromatic nitrogens is 2. The first-order valence-corrected chi connectivity index (χ1v) is 4.94. The molecule has 5 nitrogen and oxygen atoms in total. The van der Waals surface area contributed by atoms with Crippen LogP contribution in [0.1, 0.15) is 18.5 Å². The van der Waals surface area contributed by atoms with Crippen LogP contribution in [0.2, 0.25) is 0 Å². The molecular weight excluding hydrogens is 202 g/mol. The van der Waals surface area contributed by atoms with Crippen LogP contribution in [0.15, 0.2) is 48.1 Å². The van der Waals surface area contributed by atoms with Crippen molar-refractivity contribution in [3.8, 4) is 5.69 Å². The second kappa shape index (κ2) is 4.51. The van der Waals surface area contributed by atoms with Crippen molar-refractivity contribution in [2.75, 3.05) is 0 Å². The molecule has 1 aromatic carbocycles. The smallest absolute Gasteiger partial charge is 0.0991 e. The first-order valence-electron chi connectivity index (χ1n) is 4.94. The van der Waals surface area contributed by atoms with Gasteiger partial charge in [-0.2, -0.15) is 0 Å². The van der Waals surface area contributed by atoms with E-state index in [1.54, 1.807) is 12.5 Å². The van der Waals surface area contributed by atoms with Gasteiger partial charge >= 0.3 is 0 Å². The van der Waals surface area contributed by atoms with Crippen LogP contribution in [-0.2, 0) is 0 Å². The minimum atomic E-state index is -0.137. The molecule has 0 aliphatic heterocycles. The second-order valence-corrected chi connectivity index (χ2v) is 3.44. The normalized spacial score (nSPS) is 11.8. The summed E-state index contributed by atoms with van der Waals surface area (Å²) in [5.74, 6) is 0. The van der Waals surface area contributed by atoms with E-state index in [1.165, 1.54) is 0 Å². The van der Waals surface area contributed by atoms with E-state index < -0.39 is 0 Å². The van der Waals surface area contributed by atoms with E-state index in [0.29, 0.717) is 0 Å². The van der Waals surface area contributed by atoms with E-state index in [1.807, 2.05) is 42.0 Å². The van der Waals surface area contributed by atoms with Gasteiger partial charge in [0.05, 0.1) is 12.4 Å². The molecular formula is C11H11N5. The molecule has 0 saturated heterocycles. The maximum absolute atomic E-state index is 8.35. The zero-order valence-corrected chi connectivity index (χ0v) is 8.85. The van der Waals surface area contributed by atoms with Crippen LogP contribution in [0.4, 0.5) is 0 Å². The highest BCUT2D eigenvalue weighted by Crippen LogP contribution is 2.18. The molecule has 0 aliphatic carbocycles. The summed E-state index contributed by atoms with van der Waals surface area (Å²) in [5, 5.41) is 3.65. The van der Waals surface area contributed by atoms with Crippen molar-refractivity contribution in [1.82, 2.24) is 9.55 Å². The average molecular weight is 213 g/mol. The number of nitrogens with zero attached hydrogens (tertiary/aromatic N) is 5. The van der Waals surface area contributed by atoms with Crippen LogP contribution in [0.3, 0.4) is 0 Å². The van der Waals surface area contributed by atoms with Gasteiger partial charge < -0.3 is 4.57 Å². The molecule has 0 unspecified atom stereocenters. The average Bonchev–Trinajstić information content (AvgIpc) is 2.83. The third-order valence-electron chi connectivity index (χ3n) is 2.40. The summed E-state index contributed by atoms with van der Waals surface area (Å²) in [4.78, 5) is 6.78. The fourth-order valence-corrected chi connectivity index (χ4v) is 1.48. The molecule has 0 amide bonds. The largest absolute Gasteiger partial charge is 0.306 e. The third kappa shape index (κ3) is 2.04. The molecule has 1 aromatic heterocycles. The van der Waals surface area contributed by atoms with Crippen LogP contribution in [0.25, 0.3) is 16.1 Å². The molecule has 0 bridgehead atoms. The van der Waals surface area contributed by atoms with Gasteiger partial charge in [-0.1, -0.05) is 24.2 Å². The predicted molar refractivity (Wildman–Crippen MR) is 61.1 cm³/mol. The Kier molecular flexibility index (Phi) is 2.89. The molecule has 1 atom stereocenters. The summed E-state index contributed by atoms with van der Waals surface area (Å²) in [6, 6.07) is 7.71. The van der Waals surface area contributed by atoms with Gasteiger partial charge in [0.15, 0.2) is 0 Å². The van der Waals surface area contributed by atoms with Gasteiger partial charge in [-0.15, -0.1) is 0 Å². The Morgan fingerprint density at radius 3 is 2.69 bits per heavy atom. The zero-order chi connectivity index (χ0) is 11.4. The topological polar surface area (TPSA) is 66.6 Å². The highest BCUT2D eigenvalue weighted by atomic mass is 15.1. The monoisotopic (exact) mass is 213 g/mol. The Bertz CT molecular complexity index is 494. The summed E-state index contributed by atoms with van der Waals surface area (Å²) in [5.41, 5.74) is 10.4. The summed E-state index contributed by atoms with van der Waals surface area (Å²) < 4.78 is 1.92. The minimum absolute atomic E-state index is 0.137. The van der Waals surface area contributed by atoms with Crippen molar-refractivity contribution >= 4 is 0 Å². The molecule has 0 radical (unpaired) electrons. The van der Waals surface area contributed by atoms with Crippen LogP contribution >= 0.6 is 0 Å². The van der Waals surface area contributed by atoms with E-state index in [2.05, 4.69) is 15.0 Å². The van der Waals surface area contributed by atoms with Gasteiger partial charge in [-0.25, -0.2) is 4.98 Å². The van der Waals surface area contributed by atoms with E-state index in [0.717, 1.165) is 11.3 Å². The lowest BCUT2D eigenvalue weighted by atomic mass is 10.1. The zero-order valence-electron chi connectivity index (χ0n) is 8.85. The molecule has 16 heavy (non-hydrogen) atoms. The molecule has 0 N–H and O–H groups in total. The van der Waals surface area contributed by atoms with Gasteiger partial charge in [-0.3, -0.25) is 0 Å². The maximum Gasteiger partial charge on any atom is 0.0991 e. The first kappa shape index (κ1) is 10.3. The van der Waals surface area contributed by atoms with Gasteiger partial charge in [0, 0.05) is 23.0 Å². The Morgan fingerprint density at radius 2 is 2.12 bits per heavy atom. The van der Waals surface area contributed by atoms with Gasteiger partial charge in [-0.05, 0) is 23.2 Å². The predicted octanol–water partition coefficient (Wildman–Crippen LogP) is 3.24. The lowest BCUT2D eigenvalue weighted by Gasteiger charge is -2.06. The Labute approximate surface area is 93.0 Å². The summed E-state index contributed by atoms with van der Waals surface area (Å²) in [6.07, 6.45) is 5.36. The number of rotatable bonds is 3. The number of hydrogen-bond acceptors (Lipinski definition) is 2. The summed E-state index contributed by atoms with van der Waals surface area (Å²) in [6.45, 7) is 1.87. The number of imidazole rings is 1. The minimum Gasteiger partial charge on any atom is -0.306 e. The lowest BCUT2D eigenvalue weighted by molar-refractivity contribution is 0.807. The quantitative estimate of drug-likeness (QED) is 0.438. The molecule has 2 rings (SSSR count). The first-order chi connectivity index (χ1) is 7.81. The van der Waals surface area contributed by atoms with Gasteiger partial charge in [0.2, 0.25) is 0 Å². The van der Waals surface area contributed by atoms with Crippen LogP contribution in [-0.4, -0.2) is 9.55 Å². The molecule has 2 aromatic rings. The second-order valence-electron chi connectivity index (χ2n) is 3.44. The summed E-state index contributed by atoms with van der Waals surface area (Å²) in [7, 11) is 0. The van der Waals surface area contributed by atoms with Crippen LogP contribution < -0.4 is 0 Å². The van der Waals surface area contributed by atoms with Crippen molar-refractivity contribution in [3.05, 3.63) is 59.0 Å². The van der Waals surface area contributed by atoms with Crippen LogP contribution in [0.5, 0.6) is 0 Å². The Hall–Kier alpha value is -2.26. The molecule has 0 spiro atoms. The van der Waals surface area contributed by atoms with Gasteiger partial charge in [0.25, 0.3) is 0 Å². The van der Waals surface area contributed by atoms with Crippen molar-refractivity contribution < 1.29 is 0 Å². The third-order valence-corrected chi connectivity index (χ3v) is 2.40. The van der Waals surface area contributed by atoms with Crippen molar-refractivity contribution in [3.63, 3.8) is 0 Å². The van der Waals surface area contributed by atoms with E-state index in [-0.39, 0.29) is 6.04 Å². The molecule has 80 valence electrons. The molecule has 5 heteroatoms. The highest BCUT2D eigenvalue weighted by Gasteiger charge is 2.02. The fraction of sp³-hybridized carbons (Fsp3) is 0.182. The Morgan fingerprint density at radius 1 is 1.38 bits per heavy atom. The SMILES string of the molecule is C[C@H](N=[N+]=[N-])c1ccc(-n2ccnc2)cc1. The van der Waals surface area contributed by atoms with E-state index in [9.17, 15) is 0 Å². The summed E-state index contributed by atoms with van der Waals surface area (Å²) >= 11 is 0. The number of azide groups is 1. The molecule has 0 fully saturated rings. The number of benzene rings is 1. The van der Waals surface area contributed by atoms with E-state index in [4.69, 9.17) is 5.53 Å². The fourth-order valence-electron chi connectivity index (χ4n) is 1.48.